The number of hydrogen-bond donors (Lipinski definition) is 1. The number of nitrogens with zero attached hydrogens (tertiary/aromatic N) is 4. The van der Waals surface area contributed by atoms with E-state index in [4.69, 9.17) is 0 Å². The fourth-order valence-electron chi connectivity index (χ4n) is 4.43. The molecule has 2 heterocycles. The molecule has 2 unspecified atom stereocenters. The van der Waals surface area contributed by atoms with E-state index >= 15 is 0 Å². The number of hydrogen-bond acceptors (Lipinski definition) is 4. The lowest BCUT2D eigenvalue weighted by Crippen LogP contribution is -2.42. The van der Waals surface area contributed by atoms with Gasteiger partial charge in [-0.3, -0.25) is 9.59 Å². The Labute approximate surface area is 188 Å². The Balaban J connectivity index is 1.56. The number of para-hydroxylation sites is 1. The molecule has 0 radical (unpaired) electrons. The SMILES string of the molecule is Cc1ccc(-n2nnc(C(=O)Nc3ccccc3C(=O)N3CC(C)CC(C)C3)c2C)cc1. The van der Waals surface area contributed by atoms with Crippen LogP contribution in [0.3, 0.4) is 0 Å². The van der Waals surface area contributed by atoms with E-state index in [9.17, 15) is 9.59 Å². The van der Waals surface area contributed by atoms with Crippen LogP contribution in [0.2, 0.25) is 0 Å². The smallest absolute Gasteiger partial charge is 0.278 e. The van der Waals surface area contributed by atoms with Gasteiger partial charge in [0.15, 0.2) is 5.69 Å². The highest BCUT2D eigenvalue weighted by Gasteiger charge is 2.28. The molecule has 0 aliphatic carbocycles. The highest BCUT2D eigenvalue weighted by Crippen LogP contribution is 2.25. The van der Waals surface area contributed by atoms with E-state index in [1.54, 1.807) is 16.8 Å². The lowest BCUT2D eigenvalue weighted by atomic mass is 9.91. The Morgan fingerprint density at radius 2 is 1.62 bits per heavy atom. The molecule has 0 saturated carbocycles. The van der Waals surface area contributed by atoms with E-state index in [2.05, 4.69) is 29.5 Å². The maximum atomic E-state index is 13.3. The van der Waals surface area contributed by atoms with Gasteiger partial charge in [-0.2, -0.15) is 0 Å². The summed E-state index contributed by atoms with van der Waals surface area (Å²) in [4.78, 5) is 28.2. The number of benzene rings is 2. The number of anilines is 1. The van der Waals surface area contributed by atoms with E-state index in [0.717, 1.165) is 30.8 Å². The molecule has 1 aliphatic heterocycles. The molecule has 0 bridgehead atoms. The second-order valence-electron chi connectivity index (χ2n) is 8.93. The van der Waals surface area contributed by atoms with Crippen molar-refractivity contribution in [1.82, 2.24) is 19.9 Å². The number of carbonyl (C=O) groups is 2. The van der Waals surface area contributed by atoms with Crippen molar-refractivity contribution in [2.75, 3.05) is 18.4 Å². The highest BCUT2D eigenvalue weighted by molar-refractivity contribution is 6.08. The zero-order valence-corrected chi connectivity index (χ0v) is 19.0. The molecule has 4 rings (SSSR count). The van der Waals surface area contributed by atoms with Crippen LogP contribution in [-0.4, -0.2) is 44.8 Å². The van der Waals surface area contributed by atoms with Gasteiger partial charge in [0.1, 0.15) is 0 Å². The van der Waals surface area contributed by atoms with Crippen LogP contribution in [0, 0.1) is 25.7 Å². The Kier molecular flexibility index (Phi) is 6.08. The third kappa shape index (κ3) is 4.42. The lowest BCUT2D eigenvalue weighted by molar-refractivity contribution is 0.0624. The molecule has 3 aromatic rings. The molecule has 1 fully saturated rings. The second-order valence-corrected chi connectivity index (χ2v) is 8.93. The normalized spacial score (nSPS) is 18.4. The van der Waals surface area contributed by atoms with Crippen LogP contribution in [-0.2, 0) is 0 Å². The van der Waals surface area contributed by atoms with E-state index in [1.807, 2.05) is 55.1 Å². The Morgan fingerprint density at radius 3 is 2.31 bits per heavy atom. The molecule has 2 amide bonds. The molecule has 1 aromatic heterocycles. The summed E-state index contributed by atoms with van der Waals surface area (Å²) >= 11 is 0. The first-order valence-corrected chi connectivity index (χ1v) is 11.0. The third-order valence-electron chi connectivity index (χ3n) is 5.95. The quantitative estimate of drug-likeness (QED) is 0.670. The Morgan fingerprint density at radius 1 is 0.969 bits per heavy atom. The first kappa shape index (κ1) is 21.7. The van der Waals surface area contributed by atoms with Crippen molar-refractivity contribution in [1.29, 1.82) is 0 Å². The average Bonchev–Trinajstić information content (AvgIpc) is 3.15. The number of aryl methyl sites for hydroxylation is 1. The van der Waals surface area contributed by atoms with Crippen molar-refractivity contribution in [3.63, 3.8) is 0 Å². The number of carbonyl (C=O) groups excluding carboxylic acids is 2. The maximum absolute atomic E-state index is 13.3. The topological polar surface area (TPSA) is 80.1 Å². The van der Waals surface area contributed by atoms with Crippen LogP contribution < -0.4 is 5.32 Å². The van der Waals surface area contributed by atoms with Crippen molar-refractivity contribution in [2.45, 2.75) is 34.1 Å². The fraction of sp³-hybridized carbons (Fsp3) is 0.360. The van der Waals surface area contributed by atoms with Crippen LogP contribution in [0.15, 0.2) is 48.5 Å². The molecule has 1 N–H and O–H groups in total. The first-order valence-electron chi connectivity index (χ1n) is 11.0. The van der Waals surface area contributed by atoms with Crippen LogP contribution >= 0.6 is 0 Å². The minimum Gasteiger partial charge on any atom is -0.338 e. The molecular formula is C25H29N5O2. The zero-order chi connectivity index (χ0) is 22.8. The molecule has 0 spiro atoms. The van der Waals surface area contributed by atoms with Gasteiger partial charge in [-0.1, -0.05) is 48.9 Å². The lowest BCUT2D eigenvalue weighted by Gasteiger charge is -2.35. The number of rotatable bonds is 4. The number of aromatic nitrogens is 3. The molecule has 2 aromatic carbocycles. The molecular weight excluding hydrogens is 402 g/mol. The standard InChI is InChI=1S/C25H29N5O2/c1-16-9-11-20(12-10-16)30-19(4)23(27-28-30)24(31)26-22-8-6-5-7-21(22)25(32)29-14-17(2)13-18(3)15-29/h5-12,17-18H,13-15H2,1-4H3,(H,26,31). The minimum atomic E-state index is -0.388. The largest absolute Gasteiger partial charge is 0.338 e. The molecule has 1 saturated heterocycles. The van der Waals surface area contributed by atoms with Crippen molar-refractivity contribution in [2.24, 2.45) is 11.8 Å². The van der Waals surface area contributed by atoms with Gasteiger partial charge in [0.2, 0.25) is 0 Å². The number of piperidine rings is 1. The van der Waals surface area contributed by atoms with Crippen molar-refractivity contribution in [3.8, 4) is 5.69 Å². The van der Waals surface area contributed by atoms with Gasteiger partial charge in [0.05, 0.1) is 22.6 Å². The molecule has 7 nitrogen and oxygen atoms in total. The molecule has 2 atom stereocenters. The summed E-state index contributed by atoms with van der Waals surface area (Å²) in [6, 6.07) is 15.0. The van der Waals surface area contributed by atoms with E-state index in [0.29, 0.717) is 28.8 Å². The van der Waals surface area contributed by atoms with Gasteiger partial charge in [-0.15, -0.1) is 5.10 Å². The second kappa shape index (κ2) is 8.94. The third-order valence-corrected chi connectivity index (χ3v) is 5.95. The van der Waals surface area contributed by atoms with Crippen LogP contribution in [0.25, 0.3) is 5.69 Å². The first-order chi connectivity index (χ1) is 15.3. The molecule has 166 valence electrons. The summed E-state index contributed by atoms with van der Waals surface area (Å²) in [6.45, 7) is 9.63. The van der Waals surface area contributed by atoms with Gasteiger partial charge < -0.3 is 10.2 Å². The highest BCUT2D eigenvalue weighted by atomic mass is 16.2. The monoisotopic (exact) mass is 431 g/mol. The van der Waals surface area contributed by atoms with Crippen molar-refractivity contribution < 1.29 is 9.59 Å². The van der Waals surface area contributed by atoms with Gasteiger partial charge in [0, 0.05) is 13.1 Å². The van der Waals surface area contributed by atoms with Gasteiger partial charge >= 0.3 is 0 Å². The van der Waals surface area contributed by atoms with Crippen LogP contribution in [0.1, 0.15) is 52.4 Å². The number of nitrogens with one attached hydrogen (secondary N) is 1. The Hall–Kier alpha value is -3.48. The maximum Gasteiger partial charge on any atom is 0.278 e. The summed E-state index contributed by atoms with van der Waals surface area (Å²) in [6.07, 6.45) is 1.12. The van der Waals surface area contributed by atoms with E-state index < -0.39 is 0 Å². The number of likely N-dealkylation sites (tertiary alicyclic amines) is 1. The average molecular weight is 432 g/mol. The molecule has 7 heteroatoms. The predicted molar refractivity (Wildman–Crippen MR) is 124 cm³/mol. The molecule has 32 heavy (non-hydrogen) atoms. The Bertz CT molecular complexity index is 1130. The van der Waals surface area contributed by atoms with Gasteiger partial charge in [-0.25, -0.2) is 4.68 Å². The zero-order valence-electron chi connectivity index (χ0n) is 19.0. The fourth-order valence-corrected chi connectivity index (χ4v) is 4.43. The van der Waals surface area contributed by atoms with E-state index in [1.165, 1.54) is 0 Å². The van der Waals surface area contributed by atoms with Crippen molar-refractivity contribution in [3.05, 3.63) is 71.0 Å². The van der Waals surface area contributed by atoms with Crippen molar-refractivity contribution >= 4 is 17.5 Å². The summed E-state index contributed by atoms with van der Waals surface area (Å²) in [5.74, 6) is 0.480. The summed E-state index contributed by atoms with van der Waals surface area (Å²) < 4.78 is 1.64. The number of amides is 2. The summed E-state index contributed by atoms with van der Waals surface area (Å²) in [5.41, 5.74) is 3.82. The van der Waals surface area contributed by atoms with Crippen LogP contribution in [0.5, 0.6) is 0 Å². The van der Waals surface area contributed by atoms with Gasteiger partial charge in [0.25, 0.3) is 11.8 Å². The van der Waals surface area contributed by atoms with Crippen LogP contribution in [0.4, 0.5) is 5.69 Å². The molecule has 1 aliphatic rings. The predicted octanol–water partition coefficient (Wildman–Crippen LogP) is 4.25. The van der Waals surface area contributed by atoms with E-state index in [-0.39, 0.29) is 17.5 Å². The van der Waals surface area contributed by atoms with Gasteiger partial charge in [-0.05, 0) is 56.4 Å². The summed E-state index contributed by atoms with van der Waals surface area (Å²) in [7, 11) is 0. The minimum absolute atomic E-state index is 0.0562. The summed E-state index contributed by atoms with van der Waals surface area (Å²) in [5, 5.41) is 11.1.